The first-order chi connectivity index (χ1) is 15.8. The molecule has 0 unspecified atom stereocenters. The van der Waals surface area contributed by atoms with Crippen LogP contribution in [0.3, 0.4) is 0 Å². The third-order valence-corrected chi connectivity index (χ3v) is 5.99. The maximum Gasteiger partial charge on any atom is 0.165 e. The van der Waals surface area contributed by atoms with Crippen LogP contribution in [0, 0.1) is 6.92 Å². The summed E-state index contributed by atoms with van der Waals surface area (Å²) in [5, 5.41) is 2.51. The van der Waals surface area contributed by atoms with E-state index in [1.54, 1.807) is 0 Å². The first kappa shape index (κ1) is 18.5. The van der Waals surface area contributed by atoms with E-state index in [1.165, 1.54) is 21.9 Å². The SMILES string of the molecule is Cc1ccnc2c1nc(-c1ccc(-c3ccc4ccccc4c3)cc1)n2-c1ccccc1. The molecule has 0 amide bonds. The number of fused-ring (bicyclic) bond motifs is 2. The minimum absolute atomic E-state index is 0.879. The lowest BCUT2D eigenvalue weighted by Gasteiger charge is -2.10. The molecule has 2 aromatic heterocycles. The summed E-state index contributed by atoms with van der Waals surface area (Å²) in [7, 11) is 0. The van der Waals surface area contributed by atoms with Gasteiger partial charge in [0.25, 0.3) is 0 Å². The zero-order valence-corrected chi connectivity index (χ0v) is 17.7. The lowest BCUT2D eigenvalue weighted by molar-refractivity contribution is 1.08. The van der Waals surface area contributed by atoms with Crippen molar-refractivity contribution in [1.82, 2.24) is 14.5 Å². The Balaban J connectivity index is 1.48. The molecule has 0 aliphatic carbocycles. The summed E-state index contributed by atoms with van der Waals surface area (Å²) in [6.07, 6.45) is 1.85. The number of aryl methyl sites for hydroxylation is 1. The molecular formula is C29H21N3. The van der Waals surface area contributed by atoms with Gasteiger partial charge < -0.3 is 0 Å². The first-order valence-electron chi connectivity index (χ1n) is 10.8. The zero-order valence-electron chi connectivity index (χ0n) is 17.7. The van der Waals surface area contributed by atoms with Crippen LogP contribution in [0.2, 0.25) is 0 Å². The zero-order chi connectivity index (χ0) is 21.5. The fourth-order valence-corrected chi connectivity index (χ4v) is 4.29. The summed E-state index contributed by atoms with van der Waals surface area (Å²) < 4.78 is 2.15. The molecule has 2 heterocycles. The third kappa shape index (κ3) is 3.07. The van der Waals surface area contributed by atoms with Gasteiger partial charge in [0.2, 0.25) is 0 Å². The predicted molar refractivity (Wildman–Crippen MR) is 132 cm³/mol. The summed E-state index contributed by atoms with van der Waals surface area (Å²) in [4.78, 5) is 9.66. The van der Waals surface area contributed by atoms with E-state index in [0.717, 1.165) is 33.8 Å². The minimum atomic E-state index is 0.879. The van der Waals surface area contributed by atoms with Gasteiger partial charge in [-0.1, -0.05) is 78.9 Å². The molecule has 3 heteroatoms. The fourth-order valence-electron chi connectivity index (χ4n) is 4.29. The second kappa shape index (κ2) is 7.47. The van der Waals surface area contributed by atoms with Gasteiger partial charge >= 0.3 is 0 Å². The molecule has 0 saturated heterocycles. The van der Waals surface area contributed by atoms with E-state index in [2.05, 4.69) is 95.3 Å². The highest BCUT2D eigenvalue weighted by Gasteiger charge is 2.16. The van der Waals surface area contributed by atoms with Gasteiger partial charge in [0, 0.05) is 17.4 Å². The van der Waals surface area contributed by atoms with Crippen LogP contribution >= 0.6 is 0 Å². The van der Waals surface area contributed by atoms with Crippen molar-refractivity contribution in [2.24, 2.45) is 0 Å². The number of imidazole rings is 1. The van der Waals surface area contributed by atoms with Crippen molar-refractivity contribution in [3.8, 4) is 28.2 Å². The fraction of sp³-hybridized carbons (Fsp3) is 0.0345. The average molecular weight is 412 g/mol. The summed E-state index contributed by atoms with van der Waals surface area (Å²) in [5.41, 5.74) is 7.46. The smallest absolute Gasteiger partial charge is 0.165 e. The Labute approximate surface area is 186 Å². The van der Waals surface area contributed by atoms with Crippen molar-refractivity contribution in [3.05, 3.63) is 115 Å². The summed E-state index contributed by atoms with van der Waals surface area (Å²) >= 11 is 0. The summed E-state index contributed by atoms with van der Waals surface area (Å²) in [5.74, 6) is 0.901. The number of rotatable bonds is 3. The van der Waals surface area contributed by atoms with Crippen LogP contribution in [-0.4, -0.2) is 14.5 Å². The molecule has 0 spiro atoms. The van der Waals surface area contributed by atoms with E-state index in [0.29, 0.717) is 0 Å². The standard InChI is InChI=1S/C29H21N3/c1-20-17-18-30-29-27(20)31-28(32(29)26-9-3-2-4-10-26)23-14-11-22(12-15-23)25-16-13-21-7-5-6-8-24(21)19-25/h2-19H,1H3. The second-order valence-electron chi connectivity index (χ2n) is 8.05. The molecule has 0 N–H and O–H groups in total. The second-order valence-corrected chi connectivity index (χ2v) is 8.05. The molecule has 6 aromatic rings. The Kier molecular flexibility index (Phi) is 4.32. The number of para-hydroxylation sites is 1. The highest BCUT2D eigenvalue weighted by molar-refractivity contribution is 5.88. The summed E-state index contributed by atoms with van der Waals surface area (Å²) in [6, 6.07) is 36.1. The van der Waals surface area contributed by atoms with Crippen LogP contribution in [0.4, 0.5) is 0 Å². The van der Waals surface area contributed by atoms with Crippen LogP contribution in [-0.2, 0) is 0 Å². The van der Waals surface area contributed by atoms with E-state index >= 15 is 0 Å². The molecule has 0 aliphatic heterocycles. The van der Waals surface area contributed by atoms with Crippen molar-refractivity contribution in [2.45, 2.75) is 6.92 Å². The number of hydrogen-bond acceptors (Lipinski definition) is 2. The molecule has 0 saturated carbocycles. The van der Waals surface area contributed by atoms with Crippen LogP contribution in [0.25, 0.3) is 50.1 Å². The number of hydrogen-bond donors (Lipinski definition) is 0. The molecular weight excluding hydrogens is 390 g/mol. The first-order valence-corrected chi connectivity index (χ1v) is 10.8. The van der Waals surface area contributed by atoms with E-state index in [1.807, 2.05) is 30.5 Å². The maximum absolute atomic E-state index is 5.00. The van der Waals surface area contributed by atoms with Crippen molar-refractivity contribution in [1.29, 1.82) is 0 Å². The molecule has 32 heavy (non-hydrogen) atoms. The Morgan fingerprint density at radius 1 is 0.625 bits per heavy atom. The molecule has 0 bridgehead atoms. The van der Waals surface area contributed by atoms with Crippen LogP contribution in [0.15, 0.2) is 109 Å². The van der Waals surface area contributed by atoms with Crippen molar-refractivity contribution in [3.63, 3.8) is 0 Å². The number of nitrogens with zero attached hydrogens (tertiary/aromatic N) is 3. The van der Waals surface area contributed by atoms with Crippen LogP contribution < -0.4 is 0 Å². The molecule has 0 fully saturated rings. The van der Waals surface area contributed by atoms with E-state index in [9.17, 15) is 0 Å². The Hall–Kier alpha value is -4.24. The quantitative estimate of drug-likeness (QED) is 0.308. The summed E-state index contributed by atoms with van der Waals surface area (Å²) in [6.45, 7) is 2.08. The topological polar surface area (TPSA) is 30.7 Å². The molecule has 0 atom stereocenters. The molecule has 152 valence electrons. The van der Waals surface area contributed by atoms with Gasteiger partial charge in [0.1, 0.15) is 11.3 Å². The molecule has 3 nitrogen and oxygen atoms in total. The van der Waals surface area contributed by atoms with Gasteiger partial charge in [0.15, 0.2) is 5.65 Å². The predicted octanol–water partition coefficient (Wildman–Crippen LogP) is 7.22. The highest BCUT2D eigenvalue weighted by atomic mass is 15.1. The van der Waals surface area contributed by atoms with E-state index < -0.39 is 0 Å². The van der Waals surface area contributed by atoms with Gasteiger partial charge in [-0.15, -0.1) is 0 Å². The Morgan fingerprint density at radius 2 is 1.31 bits per heavy atom. The van der Waals surface area contributed by atoms with Crippen LogP contribution in [0.5, 0.6) is 0 Å². The monoisotopic (exact) mass is 411 g/mol. The number of aromatic nitrogens is 3. The molecule has 4 aromatic carbocycles. The van der Waals surface area contributed by atoms with Gasteiger partial charge in [-0.25, -0.2) is 9.97 Å². The van der Waals surface area contributed by atoms with Crippen molar-refractivity contribution in [2.75, 3.05) is 0 Å². The normalized spacial score (nSPS) is 11.3. The van der Waals surface area contributed by atoms with Crippen LogP contribution in [0.1, 0.15) is 5.56 Å². The Morgan fingerprint density at radius 3 is 2.12 bits per heavy atom. The molecule has 6 rings (SSSR count). The Bertz CT molecular complexity index is 1560. The van der Waals surface area contributed by atoms with E-state index in [-0.39, 0.29) is 0 Å². The largest absolute Gasteiger partial charge is 0.277 e. The number of benzene rings is 4. The molecule has 0 radical (unpaired) electrons. The van der Waals surface area contributed by atoms with Gasteiger partial charge in [-0.3, -0.25) is 4.57 Å². The minimum Gasteiger partial charge on any atom is -0.277 e. The molecule has 0 aliphatic rings. The maximum atomic E-state index is 5.00. The lowest BCUT2D eigenvalue weighted by Crippen LogP contribution is -1.98. The highest BCUT2D eigenvalue weighted by Crippen LogP contribution is 2.31. The van der Waals surface area contributed by atoms with Gasteiger partial charge in [-0.05, 0) is 58.7 Å². The van der Waals surface area contributed by atoms with Crippen molar-refractivity contribution >= 4 is 21.9 Å². The lowest BCUT2D eigenvalue weighted by atomic mass is 10.00. The number of pyridine rings is 1. The van der Waals surface area contributed by atoms with Gasteiger partial charge in [-0.2, -0.15) is 0 Å². The van der Waals surface area contributed by atoms with E-state index in [4.69, 9.17) is 4.98 Å². The van der Waals surface area contributed by atoms with Gasteiger partial charge in [0.05, 0.1) is 0 Å². The average Bonchev–Trinajstić information content (AvgIpc) is 3.25. The van der Waals surface area contributed by atoms with Crippen molar-refractivity contribution < 1.29 is 0 Å². The third-order valence-electron chi connectivity index (χ3n) is 5.99.